The summed E-state index contributed by atoms with van der Waals surface area (Å²) in [6.07, 6.45) is 0.327. The van der Waals surface area contributed by atoms with E-state index in [1.165, 1.54) is 12.1 Å². The fourth-order valence-electron chi connectivity index (χ4n) is 1.65. The predicted molar refractivity (Wildman–Crippen MR) is 81.5 cm³/mol. The molecule has 0 radical (unpaired) electrons. The molecule has 114 valence electrons. The highest BCUT2D eigenvalue weighted by Gasteiger charge is 2.23. The highest BCUT2D eigenvalue weighted by Crippen LogP contribution is 2.30. The Morgan fingerprint density at radius 2 is 1.80 bits per heavy atom. The molecule has 0 aromatic heterocycles. The summed E-state index contributed by atoms with van der Waals surface area (Å²) in [5.74, 6) is 0.0386. The smallest absolute Gasteiger partial charge is 0.240 e. The Morgan fingerprint density at radius 3 is 2.20 bits per heavy atom. The maximum absolute atomic E-state index is 12.3. The maximum Gasteiger partial charge on any atom is 0.240 e. The molecule has 1 aromatic rings. The molecule has 1 atom stereocenters. The molecular formula is C12H18Cl2N2O3S. The number of aliphatic hydroxyl groups is 1. The third kappa shape index (κ3) is 4.23. The SMILES string of the molecule is CC(C)C(CCO)NS(=O)(=O)c1cc(Cl)c(N)c(Cl)c1. The molecule has 4 N–H and O–H groups in total. The summed E-state index contributed by atoms with van der Waals surface area (Å²) in [5, 5.41) is 9.15. The van der Waals surface area contributed by atoms with Gasteiger partial charge in [0.2, 0.25) is 10.0 Å². The lowest BCUT2D eigenvalue weighted by Gasteiger charge is -2.21. The Hall–Kier alpha value is -0.530. The summed E-state index contributed by atoms with van der Waals surface area (Å²) < 4.78 is 27.1. The van der Waals surface area contributed by atoms with Crippen LogP contribution in [0.4, 0.5) is 5.69 Å². The Bertz CT molecular complexity index is 553. The highest BCUT2D eigenvalue weighted by atomic mass is 35.5. The molecule has 0 bridgehead atoms. The fourth-order valence-corrected chi connectivity index (χ4v) is 3.74. The standard InChI is InChI=1S/C12H18Cl2N2O3S/c1-7(2)11(3-4-17)16-20(18,19)8-5-9(13)12(15)10(14)6-8/h5-7,11,16-17H,3-4,15H2,1-2H3. The number of hydrogen-bond donors (Lipinski definition) is 3. The average molecular weight is 341 g/mol. The Kier molecular flexibility index (Phi) is 6.09. The first-order valence-corrected chi connectivity index (χ1v) is 8.30. The summed E-state index contributed by atoms with van der Waals surface area (Å²) in [7, 11) is -3.77. The third-order valence-corrected chi connectivity index (χ3v) is 5.01. The van der Waals surface area contributed by atoms with Crippen LogP contribution in [-0.4, -0.2) is 26.2 Å². The predicted octanol–water partition coefficient (Wildman–Crippen LogP) is 2.26. The van der Waals surface area contributed by atoms with E-state index in [2.05, 4.69) is 4.72 Å². The number of anilines is 1. The van der Waals surface area contributed by atoms with Gasteiger partial charge in [-0.15, -0.1) is 0 Å². The van der Waals surface area contributed by atoms with E-state index in [4.69, 9.17) is 34.0 Å². The van der Waals surface area contributed by atoms with Crippen molar-refractivity contribution in [3.05, 3.63) is 22.2 Å². The molecule has 0 amide bonds. The van der Waals surface area contributed by atoms with E-state index >= 15 is 0 Å². The van der Waals surface area contributed by atoms with Crippen molar-refractivity contribution in [1.29, 1.82) is 0 Å². The quantitative estimate of drug-likeness (QED) is 0.692. The largest absolute Gasteiger partial charge is 0.396 e. The number of nitrogen functional groups attached to an aromatic ring is 1. The molecule has 0 spiro atoms. The Labute approximate surface area is 129 Å². The average Bonchev–Trinajstić information content (AvgIpc) is 2.34. The molecule has 0 aliphatic carbocycles. The zero-order valence-corrected chi connectivity index (χ0v) is 13.6. The van der Waals surface area contributed by atoms with Gasteiger partial charge in [-0.3, -0.25) is 0 Å². The lowest BCUT2D eigenvalue weighted by Crippen LogP contribution is -2.39. The first kappa shape index (κ1) is 17.5. The molecule has 0 fully saturated rings. The van der Waals surface area contributed by atoms with E-state index in [0.29, 0.717) is 6.42 Å². The molecule has 5 nitrogen and oxygen atoms in total. The normalized spacial score (nSPS) is 13.7. The van der Waals surface area contributed by atoms with Crippen LogP contribution in [0.1, 0.15) is 20.3 Å². The fraction of sp³-hybridized carbons (Fsp3) is 0.500. The summed E-state index contributed by atoms with van der Waals surface area (Å²) in [6.45, 7) is 3.63. The molecule has 20 heavy (non-hydrogen) atoms. The number of aliphatic hydroxyl groups excluding tert-OH is 1. The molecule has 1 unspecified atom stereocenters. The van der Waals surface area contributed by atoms with Crippen molar-refractivity contribution >= 4 is 38.9 Å². The molecule has 1 rings (SSSR count). The highest BCUT2D eigenvalue weighted by molar-refractivity contribution is 7.89. The van der Waals surface area contributed by atoms with Gasteiger partial charge in [0.05, 0.1) is 20.6 Å². The van der Waals surface area contributed by atoms with Gasteiger partial charge in [0.15, 0.2) is 0 Å². The summed E-state index contributed by atoms with van der Waals surface area (Å²) in [4.78, 5) is -0.0507. The Balaban J connectivity index is 3.10. The summed E-state index contributed by atoms with van der Waals surface area (Å²) in [6, 6.07) is 2.13. The maximum atomic E-state index is 12.3. The van der Waals surface area contributed by atoms with E-state index in [0.717, 1.165) is 0 Å². The van der Waals surface area contributed by atoms with Crippen molar-refractivity contribution in [2.24, 2.45) is 5.92 Å². The third-order valence-electron chi connectivity index (χ3n) is 2.91. The van der Waals surface area contributed by atoms with Crippen LogP contribution in [0.3, 0.4) is 0 Å². The van der Waals surface area contributed by atoms with Crippen molar-refractivity contribution in [2.45, 2.75) is 31.2 Å². The van der Waals surface area contributed by atoms with Gasteiger partial charge < -0.3 is 10.8 Å². The molecule has 0 aliphatic heterocycles. The van der Waals surface area contributed by atoms with Gasteiger partial charge in [-0.2, -0.15) is 0 Å². The minimum absolute atomic E-state index is 0.0386. The first-order chi connectivity index (χ1) is 9.19. The summed E-state index contributed by atoms with van der Waals surface area (Å²) in [5.41, 5.74) is 5.72. The second kappa shape index (κ2) is 6.95. The lowest BCUT2D eigenvalue weighted by atomic mass is 10.0. The van der Waals surface area contributed by atoms with E-state index < -0.39 is 10.0 Å². The molecule has 0 heterocycles. The molecular weight excluding hydrogens is 323 g/mol. The number of rotatable bonds is 6. The van der Waals surface area contributed by atoms with E-state index in [9.17, 15) is 8.42 Å². The lowest BCUT2D eigenvalue weighted by molar-refractivity contribution is 0.256. The van der Waals surface area contributed by atoms with Crippen LogP contribution in [-0.2, 0) is 10.0 Å². The number of hydrogen-bond acceptors (Lipinski definition) is 4. The number of nitrogens with one attached hydrogen (secondary N) is 1. The van der Waals surface area contributed by atoms with Crippen LogP contribution in [0.25, 0.3) is 0 Å². The van der Waals surface area contributed by atoms with E-state index in [-0.39, 0.29) is 39.2 Å². The summed E-state index contributed by atoms with van der Waals surface area (Å²) >= 11 is 11.7. The number of halogens is 2. The Morgan fingerprint density at radius 1 is 1.30 bits per heavy atom. The number of sulfonamides is 1. The van der Waals surface area contributed by atoms with Crippen LogP contribution in [0.15, 0.2) is 17.0 Å². The van der Waals surface area contributed by atoms with Gasteiger partial charge in [0.1, 0.15) is 0 Å². The van der Waals surface area contributed by atoms with Crippen molar-refractivity contribution in [1.82, 2.24) is 4.72 Å². The van der Waals surface area contributed by atoms with Gasteiger partial charge in [0, 0.05) is 12.6 Å². The second-order valence-electron chi connectivity index (χ2n) is 4.78. The second-order valence-corrected chi connectivity index (χ2v) is 7.31. The molecule has 0 saturated carbocycles. The van der Waals surface area contributed by atoms with Crippen LogP contribution in [0, 0.1) is 5.92 Å². The van der Waals surface area contributed by atoms with Crippen LogP contribution >= 0.6 is 23.2 Å². The minimum atomic E-state index is -3.77. The van der Waals surface area contributed by atoms with Crippen molar-refractivity contribution in [3.8, 4) is 0 Å². The van der Waals surface area contributed by atoms with E-state index in [1.54, 1.807) is 0 Å². The number of nitrogens with two attached hydrogens (primary N) is 1. The minimum Gasteiger partial charge on any atom is -0.396 e. The van der Waals surface area contributed by atoms with Crippen molar-refractivity contribution in [3.63, 3.8) is 0 Å². The van der Waals surface area contributed by atoms with Crippen LogP contribution in [0.2, 0.25) is 10.0 Å². The van der Waals surface area contributed by atoms with E-state index in [1.807, 2.05) is 13.8 Å². The zero-order valence-electron chi connectivity index (χ0n) is 11.2. The van der Waals surface area contributed by atoms with Gasteiger partial charge in [-0.1, -0.05) is 37.0 Å². The van der Waals surface area contributed by atoms with Gasteiger partial charge in [0.25, 0.3) is 0 Å². The molecule has 8 heteroatoms. The van der Waals surface area contributed by atoms with Gasteiger partial charge in [-0.05, 0) is 24.5 Å². The van der Waals surface area contributed by atoms with Crippen LogP contribution < -0.4 is 10.5 Å². The monoisotopic (exact) mass is 340 g/mol. The topological polar surface area (TPSA) is 92.4 Å². The zero-order chi connectivity index (χ0) is 15.5. The molecule has 0 aliphatic rings. The van der Waals surface area contributed by atoms with Crippen molar-refractivity contribution < 1.29 is 13.5 Å². The molecule has 1 aromatic carbocycles. The van der Waals surface area contributed by atoms with Crippen molar-refractivity contribution in [2.75, 3.05) is 12.3 Å². The van der Waals surface area contributed by atoms with Gasteiger partial charge >= 0.3 is 0 Å². The first-order valence-electron chi connectivity index (χ1n) is 6.06. The van der Waals surface area contributed by atoms with Crippen LogP contribution in [0.5, 0.6) is 0 Å². The molecule has 0 saturated heterocycles. The van der Waals surface area contributed by atoms with Gasteiger partial charge in [-0.25, -0.2) is 13.1 Å². The number of benzene rings is 1.